The molecule has 17 heavy (non-hydrogen) atoms. The zero-order valence-corrected chi connectivity index (χ0v) is 11.6. The van der Waals surface area contributed by atoms with Gasteiger partial charge in [-0.05, 0) is 51.0 Å². The van der Waals surface area contributed by atoms with Crippen LogP contribution in [0, 0.1) is 12.7 Å². The second-order valence-corrected chi connectivity index (χ2v) is 5.38. The Morgan fingerprint density at radius 3 is 2.71 bits per heavy atom. The molecular weight excluding hydrogens is 303 g/mol. The highest BCUT2D eigenvalue weighted by molar-refractivity contribution is 9.10. The van der Waals surface area contributed by atoms with Crippen molar-refractivity contribution in [2.45, 2.75) is 13.0 Å². The van der Waals surface area contributed by atoms with E-state index in [-0.39, 0.29) is 11.9 Å². The molecule has 0 radical (unpaired) electrons. The molecule has 0 saturated carbocycles. The van der Waals surface area contributed by atoms with Gasteiger partial charge in [0.2, 0.25) is 0 Å². The number of thiophene rings is 1. The van der Waals surface area contributed by atoms with Crippen LogP contribution in [-0.2, 0) is 0 Å². The van der Waals surface area contributed by atoms with E-state index < -0.39 is 0 Å². The number of aryl methyl sites for hydroxylation is 1. The predicted molar refractivity (Wildman–Crippen MR) is 72.3 cm³/mol. The maximum Gasteiger partial charge on any atom is 0.126 e. The lowest BCUT2D eigenvalue weighted by molar-refractivity contribution is 0.607. The van der Waals surface area contributed by atoms with Gasteiger partial charge in [-0.1, -0.05) is 12.1 Å². The second-order valence-electron chi connectivity index (χ2n) is 3.78. The summed E-state index contributed by atoms with van der Waals surface area (Å²) in [6.45, 7) is 1.75. The fourth-order valence-corrected chi connectivity index (χ4v) is 3.26. The smallest absolute Gasteiger partial charge is 0.126 e. The Kier molecular flexibility index (Phi) is 3.93. The van der Waals surface area contributed by atoms with Gasteiger partial charge in [0.1, 0.15) is 5.82 Å². The molecule has 0 aliphatic heterocycles. The van der Waals surface area contributed by atoms with Crippen LogP contribution in [0.15, 0.2) is 33.4 Å². The Morgan fingerprint density at radius 2 is 2.18 bits per heavy atom. The lowest BCUT2D eigenvalue weighted by Crippen LogP contribution is -2.28. The van der Waals surface area contributed by atoms with E-state index in [1.165, 1.54) is 6.07 Å². The van der Waals surface area contributed by atoms with Crippen LogP contribution >= 0.6 is 27.3 Å². The molecule has 0 aliphatic rings. The molecule has 90 valence electrons. The van der Waals surface area contributed by atoms with E-state index >= 15 is 0 Å². The van der Waals surface area contributed by atoms with Gasteiger partial charge in [-0.15, -0.1) is 0 Å². The van der Waals surface area contributed by atoms with E-state index in [9.17, 15) is 4.39 Å². The molecule has 1 unspecified atom stereocenters. The standard InChI is InChI=1S/C12H12BrFN2S/c1-7-4-8(2-3-11(7)14)12(16-15)9-5-17-6-10(9)13/h2-6,12,16H,15H2,1H3. The Labute approximate surface area is 112 Å². The topological polar surface area (TPSA) is 38.0 Å². The fraction of sp³-hybridized carbons (Fsp3) is 0.167. The van der Waals surface area contributed by atoms with Gasteiger partial charge in [-0.2, -0.15) is 11.3 Å². The maximum absolute atomic E-state index is 13.2. The molecule has 0 saturated heterocycles. The van der Waals surface area contributed by atoms with E-state index in [4.69, 9.17) is 5.84 Å². The van der Waals surface area contributed by atoms with E-state index in [1.54, 1.807) is 24.3 Å². The average molecular weight is 315 g/mol. The lowest BCUT2D eigenvalue weighted by Gasteiger charge is -2.16. The quantitative estimate of drug-likeness (QED) is 0.672. The molecule has 1 atom stereocenters. The molecule has 2 rings (SSSR count). The summed E-state index contributed by atoms with van der Waals surface area (Å²) in [6.07, 6.45) is 0. The van der Waals surface area contributed by atoms with Gasteiger partial charge in [0.25, 0.3) is 0 Å². The molecular formula is C12H12BrFN2S. The molecule has 0 aliphatic carbocycles. The first-order chi connectivity index (χ1) is 8.13. The molecule has 1 aromatic carbocycles. The number of hydrazine groups is 1. The van der Waals surface area contributed by atoms with Crippen molar-refractivity contribution in [3.05, 3.63) is 55.9 Å². The monoisotopic (exact) mass is 314 g/mol. The Hall–Kier alpha value is -0.750. The summed E-state index contributed by atoms with van der Waals surface area (Å²) in [6, 6.07) is 4.89. The molecule has 1 heterocycles. The number of nitrogens with two attached hydrogens (primary N) is 1. The van der Waals surface area contributed by atoms with Crippen LogP contribution in [0.1, 0.15) is 22.7 Å². The molecule has 3 N–H and O–H groups in total. The van der Waals surface area contributed by atoms with Crippen LogP contribution in [0.2, 0.25) is 0 Å². The maximum atomic E-state index is 13.2. The minimum Gasteiger partial charge on any atom is -0.271 e. The number of nitrogens with one attached hydrogen (secondary N) is 1. The van der Waals surface area contributed by atoms with Crippen LogP contribution in [-0.4, -0.2) is 0 Å². The van der Waals surface area contributed by atoms with Crippen LogP contribution in [0.5, 0.6) is 0 Å². The third-order valence-corrected chi connectivity index (χ3v) is 4.39. The number of hydrogen-bond acceptors (Lipinski definition) is 3. The van der Waals surface area contributed by atoms with E-state index in [1.807, 2.05) is 16.8 Å². The number of hydrogen-bond donors (Lipinski definition) is 2. The van der Waals surface area contributed by atoms with E-state index in [0.717, 1.165) is 15.6 Å². The third-order valence-electron chi connectivity index (χ3n) is 2.64. The molecule has 2 nitrogen and oxygen atoms in total. The van der Waals surface area contributed by atoms with Gasteiger partial charge in [0, 0.05) is 9.85 Å². The number of rotatable bonds is 3. The van der Waals surface area contributed by atoms with Crippen LogP contribution in [0.3, 0.4) is 0 Å². The van der Waals surface area contributed by atoms with Crippen molar-refractivity contribution < 1.29 is 4.39 Å². The van der Waals surface area contributed by atoms with Gasteiger partial charge < -0.3 is 0 Å². The minimum atomic E-state index is -0.200. The zero-order chi connectivity index (χ0) is 12.4. The van der Waals surface area contributed by atoms with Crippen molar-refractivity contribution in [2.75, 3.05) is 0 Å². The molecule has 2 aromatic rings. The Morgan fingerprint density at radius 1 is 1.41 bits per heavy atom. The van der Waals surface area contributed by atoms with Gasteiger partial charge in [0.05, 0.1) is 6.04 Å². The number of benzene rings is 1. The number of halogens is 2. The summed E-state index contributed by atoms with van der Waals surface area (Å²) < 4.78 is 14.2. The molecule has 0 spiro atoms. The van der Waals surface area contributed by atoms with E-state index in [2.05, 4.69) is 21.4 Å². The summed E-state index contributed by atoms with van der Waals surface area (Å²) in [7, 11) is 0. The summed E-state index contributed by atoms with van der Waals surface area (Å²) in [5.41, 5.74) is 5.39. The SMILES string of the molecule is Cc1cc(C(NN)c2cscc2Br)ccc1F. The first kappa shape index (κ1) is 12.7. The highest BCUT2D eigenvalue weighted by Gasteiger charge is 2.16. The summed E-state index contributed by atoms with van der Waals surface area (Å²) in [5, 5.41) is 4.02. The van der Waals surface area contributed by atoms with Crippen molar-refractivity contribution in [3.8, 4) is 0 Å². The zero-order valence-electron chi connectivity index (χ0n) is 9.21. The highest BCUT2D eigenvalue weighted by atomic mass is 79.9. The van der Waals surface area contributed by atoms with Gasteiger partial charge in [-0.25, -0.2) is 9.82 Å². The molecule has 0 amide bonds. The van der Waals surface area contributed by atoms with Gasteiger partial charge in [0.15, 0.2) is 0 Å². The minimum absolute atomic E-state index is 0.130. The summed E-state index contributed by atoms with van der Waals surface area (Å²) in [5.74, 6) is 5.39. The average Bonchev–Trinajstić information content (AvgIpc) is 2.71. The Balaban J connectivity index is 2.42. The third kappa shape index (κ3) is 2.57. The normalized spacial score (nSPS) is 12.7. The molecule has 1 aromatic heterocycles. The van der Waals surface area contributed by atoms with Crippen molar-refractivity contribution in [2.24, 2.45) is 5.84 Å². The second kappa shape index (κ2) is 5.27. The van der Waals surface area contributed by atoms with Gasteiger partial charge in [-0.3, -0.25) is 5.84 Å². The first-order valence-electron chi connectivity index (χ1n) is 5.07. The fourth-order valence-electron chi connectivity index (χ4n) is 1.71. The predicted octanol–water partition coefficient (Wildman–Crippen LogP) is 3.51. The van der Waals surface area contributed by atoms with Crippen LogP contribution in [0.4, 0.5) is 4.39 Å². The lowest BCUT2D eigenvalue weighted by atomic mass is 10.00. The van der Waals surface area contributed by atoms with E-state index in [0.29, 0.717) is 5.56 Å². The van der Waals surface area contributed by atoms with Crippen LogP contribution < -0.4 is 11.3 Å². The van der Waals surface area contributed by atoms with Gasteiger partial charge >= 0.3 is 0 Å². The van der Waals surface area contributed by atoms with Crippen molar-refractivity contribution in [1.29, 1.82) is 0 Å². The van der Waals surface area contributed by atoms with Crippen molar-refractivity contribution >= 4 is 27.3 Å². The largest absolute Gasteiger partial charge is 0.271 e. The molecule has 0 bridgehead atoms. The first-order valence-corrected chi connectivity index (χ1v) is 6.81. The summed E-state index contributed by atoms with van der Waals surface area (Å²) in [4.78, 5) is 0. The van der Waals surface area contributed by atoms with Crippen LogP contribution in [0.25, 0.3) is 0 Å². The molecule has 0 fully saturated rings. The van der Waals surface area contributed by atoms with Crippen molar-refractivity contribution in [1.82, 2.24) is 5.43 Å². The Bertz CT molecular complexity index is 527. The summed E-state index contributed by atoms with van der Waals surface area (Å²) >= 11 is 5.07. The molecule has 5 heteroatoms. The highest BCUT2D eigenvalue weighted by Crippen LogP contribution is 2.31. The van der Waals surface area contributed by atoms with Crippen molar-refractivity contribution in [3.63, 3.8) is 0 Å².